The van der Waals surface area contributed by atoms with E-state index in [0.717, 1.165) is 16.8 Å². The van der Waals surface area contributed by atoms with Crippen molar-refractivity contribution in [3.63, 3.8) is 0 Å². The summed E-state index contributed by atoms with van der Waals surface area (Å²) in [4.78, 5) is 16.9. The highest BCUT2D eigenvalue weighted by molar-refractivity contribution is 5.97. The lowest BCUT2D eigenvalue weighted by Gasteiger charge is -2.35. The smallest absolute Gasteiger partial charge is 0.176 e. The van der Waals surface area contributed by atoms with Crippen LogP contribution in [0.1, 0.15) is 29.6 Å². The molecule has 3 heterocycles. The van der Waals surface area contributed by atoms with Crippen molar-refractivity contribution in [3.05, 3.63) is 82.7 Å². The first-order chi connectivity index (χ1) is 15.2. The molecule has 5 rings (SSSR count). The lowest BCUT2D eigenvalue weighted by molar-refractivity contribution is -0.113. The number of hydrogen-bond acceptors (Lipinski definition) is 7. The molecule has 31 heavy (non-hydrogen) atoms. The molecule has 0 amide bonds. The zero-order valence-corrected chi connectivity index (χ0v) is 16.6. The van der Waals surface area contributed by atoms with Gasteiger partial charge in [0.2, 0.25) is 0 Å². The van der Waals surface area contributed by atoms with E-state index < -0.39 is 0 Å². The molecular weight excluding hydrogens is 399 g/mol. The molecule has 8 nitrogen and oxygen atoms in total. The molecule has 2 atom stereocenters. The number of ketones is 1. The van der Waals surface area contributed by atoms with Crippen LogP contribution in [0.5, 0.6) is 0 Å². The van der Waals surface area contributed by atoms with E-state index in [2.05, 4.69) is 20.5 Å². The second-order valence-electron chi connectivity index (χ2n) is 7.60. The monoisotopic (exact) mass is 420 g/mol. The molecule has 2 aromatic rings. The van der Waals surface area contributed by atoms with Crippen LogP contribution < -0.4 is 5.32 Å². The van der Waals surface area contributed by atoms with Crippen LogP contribution in [0.4, 0.5) is 4.48 Å². The predicted molar refractivity (Wildman–Crippen MR) is 111 cm³/mol. The molecule has 0 radical (unpaired) electrons. The molecule has 2 N–H and O–H groups in total. The van der Waals surface area contributed by atoms with Gasteiger partial charge in [-0.3, -0.25) is 4.79 Å². The summed E-state index contributed by atoms with van der Waals surface area (Å²) in [6.07, 6.45) is 6.84. The number of hydrogen-bond donors (Lipinski definition) is 2. The molecule has 0 fully saturated rings. The van der Waals surface area contributed by atoms with E-state index in [-0.39, 0.29) is 41.7 Å². The predicted octanol–water partition coefficient (Wildman–Crippen LogP) is 1.96. The highest BCUT2D eigenvalue weighted by Gasteiger charge is 2.41. The van der Waals surface area contributed by atoms with Crippen molar-refractivity contribution in [3.8, 4) is 0 Å². The van der Waals surface area contributed by atoms with Crippen LogP contribution in [0.3, 0.4) is 0 Å². The number of aryl methyl sites for hydroxylation is 1. The number of rotatable bonds is 5. The van der Waals surface area contributed by atoms with Crippen molar-refractivity contribution < 1.29 is 14.4 Å². The molecule has 1 aromatic heterocycles. The minimum absolute atomic E-state index is 0.0387. The Bertz CT molecular complexity index is 1130. The molecule has 0 saturated heterocycles. The fourth-order valence-electron chi connectivity index (χ4n) is 4.39. The molecule has 2 unspecified atom stereocenters. The number of nitrogens with one attached hydrogen (secondary N) is 1. The summed E-state index contributed by atoms with van der Waals surface area (Å²) in [6.45, 7) is 0.588. The number of nitrogens with zero attached hydrogens (tertiary/aromatic N) is 5. The first-order valence-electron chi connectivity index (χ1n) is 10.2. The van der Waals surface area contributed by atoms with Crippen LogP contribution in [0.2, 0.25) is 0 Å². The summed E-state index contributed by atoms with van der Waals surface area (Å²) in [6, 6.07) is 9.97. The number of allylic oxidation sites excluding steroid dienone is 3. The Morgan fingerprint density at radius 2 is 2.10 bits per heavy atom. The third-order valence-electron chi connectivity index (χ3n) is 5.73. The molecule has 3 aliphatic rings. The maximum atomic E-state index is 14.6. The van der Waals surface area contributed by atoms with E-state index in [1.165, 1.54) is 18.6 Å². The van der Waals surface area contributed by atoms with E-state index >= 15 is 0 Å². The van der Waals surface area contributed by atoms with Crippen LogP contribution in [-0.2, 0) is 11.3 Å². The van der Waals surface area contributed by atoms with Crippen LogP contribution in [0.25, 0.3) is 0 Å². The maximum absolute atomic E-state index is 14.6. The van der Waals surface area contributed by atoms with Gasteiger partial charge >= 0.3 is 0 Å². The van der Waals surface area contributed by atoms with Gasteiger partial charge in [0.15, 0.2) is 5.78 Å². The average molecular weight is 420 g/mol. The lowest BCUT2D eigenvalue weighted by Crippen LogP contribution is -2.33. The molecule has 0 saturated carbocycles. The van der Waals surface area contributed by atoms with Gasteiger partial charge < -0.3 is 10.4 Å². The van der Waals surface area contributed by atoms with Crippen LogP contribution in [-0.4, -0.2) is 50.3 Å². The van der Waals surface area contributed by atoms with Gasteiger partial charge in [0.05, 0.1) is 18.7 Å². The summed E-state index contributed by atoms with van der Waals surface area (Å²) in [5.41, 5.74) is 3.26. The Kier molecular flexibility index (Phi) is 4.95. The van der Waals surface area contributed by atoms with Gasteiger partial charge in [-0.05, 0) is 12.0 Å². The number of aliphatic hydroxyl groups excluding tert-OH is 1. The number of carbonyl (C=O) groups is 1. The third kappa shape index (κ3) is 3.36. The molecule has 158 valence electrons. The molecule has 0 spiro atoms. The Balaban J connectivity index is 1.72. The van der Waals surface area contributed by atoms with Crippen LogP contribution >= 0.6 is 0 Å². The van der Waals surface area contributed by atoms with Crippen molar-refractivity contribution >= 4 is 12.0 Å². The number of aromatic nitrogens is 3. The van der Waals surface area contributed by atoms with Gasteiger partial charge in [0, 0.05) is 42.0 Å². The van der Waals surface area contributed by atoms with Gasteiger partial charge in [0.1, 0.15) is 17.8 Å². The van der Waals surface area contributed by atoms with Crippen molar-refractivity contribution in [2.24, 2.45) is 5.10 Å². The normalized spacial score (nSPS) is 22.5. The number of hydrazone groups is 1. The number of carbonyl (C=O) groups excluding carboxylic acids is 1. The molecule has 9 heteroatoms. The summed E-state index contributed by atoms with van der Waals surface area (Å²) in [5.74, 6) is -0.00221. The fourth-order valence-corrected chi connectivity index (χ4v) is 4.39. The lowest BCUT2D eigenvalue weighted by atomic mass is 9.74. The second kappa shape index (κ2) is 7.92. The Labute approximate surface area is 178 Å². The highest BCUT2D eigenvalue weighted by atomic mass is 19.2. The van der Waals surface area contributed by atoms with Gasteiger partial charge in [0.25, 0.3) is 0 Å². The van der Waals surface area contributed by atoms with E-state index in [1.54, 1.807) is 4.68 Å². The summed E-state index contributed by atoms with van der Waals surface area (Å²) in [5, 5.41) is 21.0. The van der Waals surface area contributed by atoms with Crippen molar-refractivity contribution in [2.75, 3.05) is 13.2 Å². The molecule has 0 bridgehead atoms. The van der Waals surface area contributed by atoms with E-state index in [1.807, 2.05) is 36.4 Å². The first-order valence-corrected chi connectivity index (χ1v) is 10.2. The summed E-state index contributed by atoms with van der Waals surface area (Å²) < 4.78 is 16.3. The molecule has 2 aliphatic heterocycles. The second-order valence-corrected chi connectivity index (χ2v) is 7.60. The number of benzene rings is 1. The maximum Gasteiger partial charge on any atom is 0.176 e. The zero-order chi connectivity index (χ0) is 21.4. The first kappa shape index (κ1) is 19.4. The van der Waals surface area contributed by atoms with Crippen molar-refractivity contribution in [2.45, 2.75) is 24.8 Å². The Morgan fingerprint density at radius 3 is 2.90 bits per heavy atom. The topological polar surface area (TPSA) is 95.6 Å². The van der Waals surface area contributed by atoms with Gasteiger partial charge in [-0.2, -0.15) is 5.10 Å². The zero-order valence-electron chi connectivity index (χ0n) is 16.6. The Hall–Kier alpha value is -3.59. The van der Waals surface area contributed by atoms with Crippen LogP contribution in [0, 0.1) is 0 Å². The largest absolute Gasteiger partial charge is 0.396 e. The van der Waals surface area contributed by atoms with E-state index in [0.29, 0.717) is 24.4 Å². The molecular formula is C22H21FN6O2. The standard InChI is InChI=1S/C22H21FN6O2/c23-29-18-10-16(31)12-24-21-19(18)15(11-26-29)9-17(14-5-2-1-3-6-14)20(21)22-25-13-27-28(22)7-4-8-30/h1-3,5-6,9-11,13,17,20,24,30H,4,7-8,12H2. The highest BCUT2D eigenvalue weighted by Crippen LogP contribution is 2.47. The molecule has 1 aromatic carbocycles. The van der Waals surface area contributed by atoms with Crippen LogP contribution in [0.15, 0.2) is 76.5 Å². The Morgan fingerprint density at radius 1 is 1.26 bits per heavy atom. The van der Waals surface area contributed by atoms with Gasteiger partial charge in [-0.25, -0.2) is 9.67 Å². The van der Waals surface area contributed by atoms with E-state index in [9.17, 15) is 14.4 Å². The minimum Gasteiger partial charge on any atom is -0.396 e. The van der Waals surface area contributed by atoms with Gasteiger partial charge in [-0.15, -0.1) is 5.10 Å². The third-order valence-corrected chi connectivity index (χ3v) is 5.73. The fraction of sp³-hybridized carbons (Fsp3) is 0.273. The summed E-state index contributed by atoms with van der Waals surface area (Å²) in [7, 11) is 0. The van der Waals surface area contributed by atoms with Gasteiger partial charge in [-0.1, -0.05) is 46.1 Å². The van der Waals surface area contributed by atoms with E-state index in [4.69, 9.17) is 0 Å². The van der Waals surface area contributed by atoms with Crippen molar-refractivity contribution in [1.29, 1.82) is 0 Å². The number of halogens is 1. The molecule has 1 aliphatic carbocycles. The SMILES string of the molecule is O=C1C=C2C3=C(NC1)C(c1ncnn1CCCO)C(c1ccccc1)C=C3C=NN2F. The minimum atomic E-state index is -0.323. The summed E-state index contributed by atoms with van der Waals surface area (Å²) >= 11 is 0. The van der Waals surface area contributed by atoms with Crippen molar-refractivity contribution in [1.82, 2.24) is 25.3 Å². The number of aliphatic hydroxyl groups is 1. The quantitative estimate of drug-likeness (QED) is 0.718. The average Bonchev–Trinajstić information content (AvgIpc) is 3.18.